The lowest BCUT2D eigenvalue weighted by atomic mass is 9.87. The van der Waals surface area contributed by atoms with Crippen LogP contribution in [0.3, 0.4) is 0 Å². The SMILES string of the molecule is CCOc1ccc(OCC(=O)Oc2ccc(C(C)(C)C)cc2)cc1. The second-order valence-electron chi connectivity index (χ2n) is 6.44. The Morgan fingerprint density at radius 1 is 0.833 bits per heavy atom. The molecule has 0 saturated carbocycles. The molecule has 0 saturated heterocycles. The molecule has 0 amide bonds. The van der Waals surface area contributed by atoms with Crippen LogP contribution in [0.25, 0.3) is 0 Å². The van der Waals surface area contributed by atoms with Gasteiger partial charge in [0.05, 0.1) is 6.61 Å². The molecule has 0 radical (unpaired) electrons. The number of ether oxygens (including phenoxy) is 3. The van der Waals surface area contributed by atoms with Crippen LogP contribution in [0.15, 0.2) is 48.5 Å². The van der Waals surface area contributed by atoms with Crippen LogP contribution in [0.5, 0.6) is 17.2 Å². The number of benzene rings is 2. The summed E-state index contributed by atoms with van der Waals surface area (Å²) >= 11 is 0. The quantitative estimate of drug-likeness (QED) is 0.583. The van der Waals surface area contributed by atoms with Gasteiger partial charge in [-0.3, -0.25) is 0 Å². The molecule has 0 spiro atoms. The molecular weight excluding hydrogens is 304 g/mol. The maximum atomic E-state index is 11.9. The topological polar surface area (TPSA) is 44.8 Å². The molecule has 24 heavy (non-hydrogen) atoms. The van der Waals surface area contributed by atoms with Crippen LogP contribution in [-0.2, 0) is 10.2 Å². The van der Waals surface area contributed by atoms with Crippen molar-refractivity contribution in [2.24, 2.45) is 0 Å². The highest BCUT2D eigenvalue weighted by Crippen LogP contribution is 2.24. The maximum Gasteiger partial charge on any atom is 0.349 e. The summed E-state index contributed by atoms with van der Waals surface area (Å²) < 4.78 is 16.1. The number of rotatable bonds is 6. The highest BCUT2D eigenvalue weighted by molar-refractivity contribution is 5.74. The molecule has 0 bridgehead atoms. The summed E-state index contributed by atoms with van der Waals surface area (Å²) in [6, 6.07) is 14.7. The lowest BCUT2D eigenvalue weighted by Gasteiger charge is -2.19. The minimum atomic E-state index is -0.438. The van der Waals surface area contributed by atoms with Crippen molar-refractivity contribution in [3.8, 4) is 17.2 Å². The van der Waals surface area contributed by atoms with Gasteiger partial charge in [0.2, 0.25) is 0 Å². The van der Waals surface area contributed by atoms with E-state index in [1.807, 2.05) is 19.1 Å². The lowest BCUT2D eigenvalue weighted by molar-refractivity contribution is -0.136. The van der Waals surface area contributed by atoms with Crippen LogP contribution in [0.2, 0.25) is 0 Å². The third-order valence-electron chi connectivity index (χ3n) is 3.44. The number of carbonyl (C=O) groups is 1. The molecular formula is C20H24O4. The van der Waals surface area contributed by atoms with E-state index < -0.39 is 5.97 Å². The van der Waals surface area contributed by atoms with Crippen LogP contribution >= 0.6 is 0 Å². The predicted octanol–water partition coefficient (Wildman–Crippen LogP) is 4.37. The Morgan fingerprint density at radius 2 is 1.33 bits per heavy atom. The first-order valence-electron chi connectivity index (χ1n) is 8.05. The third kappa shape index (κ3) is 5.30. The lowest BCUT2D eigenvalue weighted by Crippen LogP contribution is -2.18. The first-order valence-corrected chi connectivity index (χ1v) is 8.05. The highest BCUT2D eigenvalue weighted by atomic mass is 16.6. The van der Waals surface area contributed by atoms with Gasteiger partial charge in [-0.05, 0) is 54.3 Å². The van der Waals surface area contributed by atoms with Crippen molar-refractivity contribution in [3.05, 3.63) is 54.1 Å². The minimum Gasteiger partial charge on any atom is -0.494 e. The summed E-state index contributed by atoms with van der Waals surface area (Å²) in [5, 5.41) is 0. The zero-order valence-electron chi connectivity index (χ0n) is 14.7. The summed E-state index contributed by atoms with van der Waals surface area (Å²) in [7, 11) is 0. The van der Waals surface area contributed by atoms with E-state index in [1.165, 1.54) is 5.56 Å². The predicted molar refractivity (Wildman–Crippen MR) is 93.9 cm³/mol. The van der Waals surface area contributed by atoms with Gasteiger partial charge in [-0.15, -0.1) is 0 Å². The fraction of sp³-hybridized carbons (Fsp3) is 0.350. The molecule has 0 atom stereocenters. The van der Waals surface area contributed by atoms with Gasteiger partial charge in [-0.1, -0.05) is 32.9 Å². The first kappa shape index (κ1) is 17.9. The molecule has 128 valence electrons. The molecule has 0 aliphatic heterocycles. The van der Waals surface area contributed by atoms with Crippen LogP contribution < -0.4 is 14.2 Å². The van der Waals surface area contributed by atoms with E-state index in [9.17, 15) is 4.79 Å². The van der Waals surface area contributed by atoms with Crippen molar-refractivity contribution >= 4 is 5.97 Å². The molecule has 0 aromatic heterocycles. The normalized spacial score (nSPS) is 11.0. The average molecular weight is 328 g/mol. The van der Waals surface area contributed by atoms with Gasteiger partial charge in [0, 0.05) is 0 Å². The Labute approximate surface area is 143 Å². The molecule has 0 heterocycles. The van der Waals surface area contributed by atoms with E-state index >= 15 is 0 Å². The van der Waals surface area contributed by atoms with Crippen molar-refractivity contribution in [1.29, 1.82) is 0 Å². The Bertz CT molecular complexity index is 652. The fourth-order valence-electron chi connectivity index (χ4n) is 2.12. The van der Waals surface area contributed by atoms with Gasteiger partial charge in [-0.2, -0.15) is 0 Å². The van der Waals surface area contributed by atoms with Crippen LogP contribution in [-0.4, -0.2) is 19.2 Å². The standard InChI is InChI=1S/C20H24O4/c1-5-22-16-10-12-17(13-11-16)23-14-19(21)24-18-8-6-15(7-9-18)20(2,3)4/h6-13H,5,14H2,1-4H3. The zero-order chi connectivity index (χ0) is 17.6. The summed E-state index contributed by atoms with van der Waals surface area (Å²) in [5.41, 5.74) is 1.26. The van der Waals surface area contributed by atoms with Gasteiger partial charge >= 0.3 is 5.97 Å². The first-order chi connectivity index (χ1) is 11.4. The smallest absolute Gasteiger partial charge is 0.349 e. The largest absolute Gasteiger partial charge is 0.494 e. The average Bonchev–Trinajstić information content (AvgIpc) is 2.54. The molecule has 0 aliphatic carbocycles. The molecule has 2 rings (SSSR count). The molecule has 0 N–H and O–H groups in total. The van der Waals surface area contributed by atoms with Gasteiger partial charge in [0.25, 0.3) is 0 Å². The van der Waals surface area contributed by atoms with Crippen LogP contribution in [0.1, 0.15) is 33.3 Å². The van der Waals surface area contributed by atoms with E-state index in [2.05, 4.69) is 20.8 Å². The summed E-state index contributed by atoms with van der Waals surface area (Å²) in [5.74, 6) is 1.44. The summed E-state index contributed by atoms with van der Waals surface area (Å²) in [4.78, 5) is 11.9. The van der Waals surface area contributed by atoms with E-state index in [-0.39, 0.29) is 12.0 Å². The summed E-state index contributed by atoms with van der Waals surface area (Å²) in [6.45, 7) is 8.81. The second-order valence-corrected chi connectivity index (χ2v) is 6.44. The van der Waals surface area contributed by atoms with Crippen LogP contribution in [0.4, 0.5) is 0 Å². The van der Waals surface area contributed by atoms with Gasteiger partial charge in [-0.25, -0.2) is 4.79 Å². The Kier molecular flexibility index (Phi) is 5.85. The number of carbonyl (C=O) groups excluding carboxylic acids is 1. The van der Waals surface area contributed by atoms with Gasteiger partial charge in [0.1, 0.15) is 17.2 Å². The van der Waals surface area contributed by atoms with Crippen molar-refractivity contribution in [2.75, 3.05) is 13.2 Å². The molecule has 4 heteroatoms. The Balaban J connectivity index is 1.84. The van der Waals surface area contributed by atoms with Crippen molar-refractivity contribution in [3.63, 3.8) is 0 Å². The highest BCUT2D eigenvalue weighted by Gasteiger charge is 2.14. The second kappa shape index (κ2) is 7.86. The Morgan fingerprint density at radius 3 is 1.83 bits per heavy atom. The number of hydrogen-bond acceptors (Lipinski definition) is 4. The molecule has 0 fully saturated rings. The number of esters is 1. The Hall–Kier alpha value is -2.49. The van der Waals surface area contributed by atoms with Crippen molar-refractivity contribution in [2.45, 2.75) is 33.1 Å². The molecule has 0 unspecified atom stereocenters. The summed E-state index contributed by atoms with van der Waals surface area (Å²) in [6.07, 6.45) is 0. The third-order valence-corrected chi connectivity index (χ3v) is 3.44. The number of hydrogen-bond donors (Lipinski definition) is 0. The van der Waals surface area contributed by atoms with Gasteiger partial charge in [0.15, 0.2) is 6.61 Å². The molecule has 0 aliphatic rings. The zero-order valence-corrected chi connectivity index (χ0v) is 14.7. The van der Waals surface area contributed by atoms with E-state index in [4.69, 9.17) is 14.2 Å². The fourth-order valence-corrected chi connectivity index (χ4v) is 2.12. The van der Waals surface area contributed by atoms with Crippen molar-refractivity contribution < 1.29 is 19.0 Å². The van der Waals surface area contributed by atoms with Gasteiger partial charge < -0.3 is 14.2 Å². The van der Waals surface area contributed by atoms with Crippen LogP contribution in [0, 0.1) is 0 Å². The monoisotopic (exact) mass is 328 g/mol. The minimum absolute atomic E-state index is 0.0688. The molecule has 4 nitrogen and oxygen atoms in total. The van der Waals surface area contributed by atoms with E-state index in [1.54, 1.807) is 36.4 Å². The van der Waals surface area contributed by atoms with E-state index in [0.29, 0.717) is 18.1 Å². The molecule has 2 aromatic carbocycles. The maximum absolute atomic E-state index is 11.9. The van der Waals surface area contributed by atoms with Crippen molar-refractivity contribution in [1.82, 2.24) is 0 Å². The van der Waals surface area contributed by atoms with E-state index in [0.717, 1.165) is 5.75 Å². The molecule has 2 aromatic rings.